The number of rotatable bonds is 8. The predicted octanol–water partition coefficient (Wildman–Crippen LogP) is 5.88. The number of ketones is 1. The number of aliphatic imine (C=N–C) groups is 1. The minimum absolute atomic E-state index is 0.0279. The fraction of sp³-hybridized carbons (Fsp3) is 0.333. The Morgan fingerprint density at radius 3 is 2.12 bits per heavy atom. The van der Waals surface area contributed by atoms with Gasteiger partial charge >= 0.3 is 0 Å². The quantitative estimate of drug-likeness (QED) is 0.338. The molecule has 0 fully saturated rings. The van der Waals surface area contributed by atoms with Gasteiger partial charge < -0.3 is 4.74 Å². The van der Waals surface area contributed by atoms with Gasteiger partial charge in [0.25, 0.3) is 0 Å². The van der Waals surface area contributed by atoms with Gasteiger partial charge in [0.05, 0.1) is 5.16 Å². The molecule has 1 atom stereocenters. The summed E-state index contributed by atoms with van der Waals surface area (Å²) in [5.41, 5.74) is 1.79. The van der Waals surface area contributed by atoms with Crippen molar-refractivity contribution < 1.29 is 9.53 Å². The van der Waals surface area contributed by atoms with Crippen LogP contribution >= 0.6 is 12.2 Å². The number of hydrogen-bond acceptors (Lipinski definition) is 4. The summed E-state index contributed by atoms with van der Waals surface area (Å²) in [6, 6.07) is 14.5. The van der Waals surface area contributed by atoms with E-state index in [0.717, 1.165) is 12.2 Å². The number of ether oxygens (including phenoxy) is 1. The van der Waals surface area contributed by atoms with Crippen LogP contribution in [0.3, 0.4) is 0 Å². The lowest BCUT2D eigenvalue weighted by molar-refractivity contribution is 0.0956. The number of carbonyl (C=O) groups excluding carboxylic acids is 1. The molecule has 0 N–H and O–H groups in total. The van der Waals surface area contributed by atoms with E-state index in [-0.39, 0.29) is 5.78 Å². The van der Waals surface area contributed by atoms with E-state index in [1.54, 1.807) is 24.3 Å². The van der Waals surface area contributed by atoms with Crippen LogP contribution in [0.4, 0.5) is 0 Å². The fourth-order valence-corrected chi connectivity index (χ4v) is 2.56. The number of Topliss-reactive ketones (excluding diaryl/α,β-unsaturated/α-hetero) is 1. The summed E-state index contributed by atoms with van der Waals surface area (Å²) in [7, 11) is 0. The Bertz CT molecular complexity index is 744. The molecule has 2 aromatic carbocycles. The molecule has 0 bridgehead atoms. The standard InChI is InChI=1S/C21H23NO2S/c1-15(2)4-13-20(22-14-25)21(23)17-7-11-19(12-8-17)24-18-9-5-16(3)6-10-18/h5-12,15,20H,4,13H2,1-3H3. The van der Waals surface area contributed by atoms with E-state index < -0.39 is 6.04 Å². The van der Waals surface area contributed by atoms with Crippen LogP contribution in [-0.2, 0) is 0 Å². The first-order chi connectivity index (χ1) is 12.0. The van der Waals surface area contributed by atoms with Crippen LogP contribution in [-0.4, -0.2) is 17.0 Å². The van der Waals surface area contributed by atoms with E-state index in [9.17, 15) is 4.79 Å². The number of nitrogens with zero attached hydrogens (tertiary/aromatic N) is 1. The molecule has 1 unspecified atom stereocenters. The van der Waals surface area contributed by atoms with Gasteiger partial charge in [0, 0.05) is 5.56 Å². The van der Waals surface area contributed by atoms with Gasteiger partial charge in [-0.15, -0.1) is 0 Å². The first kappa shape index (κ1) is 19.0. The maximum absolute atomic E-state index is 12.6. The average Bonchev–Trinajstić information content (AvgIpc) is 2.60. The normalized spacial score (nSPS) is 11.7. The number of hydrogen-bond donors (Lipinski definition) is 0. The Hall–Kier alpha value is -2.29. The molecular formula is C21H23NO2S. The van der Waals surface area contributed by atoms with Gasteiger partial charge in [-0.2, -0.15) is 0 Å². The van der Waals surface area contributed by atoms with Crippen molar-refractivity contribution in [3.8, 4) is 11.5 Å². The highest BCUT2D eigenvalue weighted by molar-refractivity contribution is 7.78. The zero-order valence-corrected chi connectivity index (χ0v) is 15.7. The molecule has 4 heteroatoms. The molecular weight excluding hydrogens is 330 g/mol. The van der Waals surface area contributed by atoms with E-state index in [1.165, 1.54) is 5.56 Å². The van der Waals surface area contributed by atoms with Crippen molar-refractivity contribution >= 4 is 23.2 Å². The summed E-state index contributed by atoms with van der Waals surface area (Å²) >= 11 is 4.69. The van der Waals surface area contributed by atoms with Crippen LogP contribution in [0.1, 0.15) is 42.6 Å². The minimum atomic E-state index is -0.455. The van der Waals surface area contributed by atoms with Crippen molar-refractivity contribution in [3.63, 3.8) is 0 Å². The van der Waals surface area contributed by atoms with Crippen LogP contribution in [0.25, 0.3) is 0 Å². The second kappa shape index (κ2) is 9.26. The molecule has 0 amide bonds. The Morgan fingerprint density at radius 1 is 1.04 bits per heavy atom. The predicted molar refractivity (Wildman–Crippen MR) is 105 cm³/mol. The van der Waals surface area contributed by atoms with E-state index >= 15 is 0 Å². The average molecular weight is 353 g/mol. The summed E-state index contributed by atoms with van der Waals surface area (Å²) in [6.45, 7) is 6.28. The summed E-state index contributed by atoms with van der Waals surface area (Å²) in [6.07, 6.45) is 1.60. The summed E-state index contributed by atoms with van der Waals surface area (Å²) in [5, 5.41) is 2.35. The third kappa shape index (κ3) is 5.93. The molecule has 0 saturated carbocycles. The molecule has 130 valence electrons. The molecule has 0 saturated heterocycles. The van der Waals surface area contributed by atoms with Crippen molar-refractivity contribution in [3.05, 3.63) is 59.7 Å². The first-order valence-electron chi connectivity index (χ1n) is 8.45. The zero-order valence-electron chi connectivity index (χ0n) is 14.9. The van der Waals surface area contributed by atoms with Crippen molar-refractivity contribution in [2.24, 2.45) is 10.9 Å². The molecule has 2 rings (SSSR count). The molecule has 0 aromatic heterocycles. The second-order valence-electron chi connectivity index (χ2n) is 6.51. The van der Waals surface area contributed by atoms with Gasteiger partial charge in [0.15, 0.2) is 5.78 Å². The Kier molecular flexibility index (Phi) is 7.05. The van der Waals surface area contributed by atoms with E-state index in [2.05, 4.69) is 24.0 Å². The van der Waals surface area contributed by atoms with E-state index in [1.807, 2.05) is 31.2 Å². The number of aryl methyl sites for hydroxylation is 1. The summed E-state index contributed by atoms with van der Waals surface area (Å²) in [5.74, 6) is 1.95. The molecule has 0 aliphatic rings. The van der Waals surface area contributed by atoms with Gasteiger partial charge in [-0.05, 0) is 74.3 Å². The third-order valence-corrected chi connectivity index (χ3v) is 4.03. The second-order valence-corrected chi connectivity index (χ2v) is 6.69. The molecule has 0 heterocycles. The topological polar surface area (TPSA) is 38.7 Å². The molecule has 0 aliphatic heterocycles. The van der Waals surface area contributed by atoms with Gasteiger partial charge in [0.1, 0.15) is 17.5 Å². The van der Waals surface area contributed by atoms with Gasteiger partial charge in [-0.3, -0.25) is 4.79 Å². The maximum Gasteiger partial charge on any atom is 0.188 e. The lowest BCUT2D eigenvalue weighted by atomic mass is 9.97. The van der Waals surface area contributed by atoms with E-state index in [0.29, 0.717) is 23.7 Å². The van der Waals surface area contributed by atoms with Crippen LogP contribution in [0.15, 0.2) is 53.5 Å². The van der Waals surface area contributed by atoms with Crippen LogP contribution in [0, 0.1) is 12.8 Å². The van der Waals surface area contributed by atoms with E-state index in [4.69, 9.17) is 17.0 Å². The van der Waals surface area contributed by atoms with Gasteiger partial charge in [0.2, 0.25) is 0 Å². The van der Waals surface area contributed by atoms with Crippen LogP contribution < -0.4 is 4.74 Å². The van der Waals surface area contributed by atoms with Gasteiger partial charge in [-0.1, -0.05) is 31.5 Å². The highest BCUT2D eigenvalue weighted by Crippen LogP contribution is 2.23. The molecule has 25 heavy (non-hydrogen) atoms. The summed E-state index contributed by atoms with van der Waals surface area (Å²) in [4.78, 5) is 16.7. The Balaban J connectivity index is 2.07. The van der Waals surface area contributed by atoms with Crippen molar-refractivity contribution in [2.45, 2.75) is 39.7 Å². The largest absolute Gasteiger partial charge is 0.457 e. The fourth-order valence-electron chi connectivity index (χ4n) is 2.43. The number of carbonyl (C=O) groups is 1. The third-order valence-electron chi connectivity index (χ3n) is 3.92. The number of benzene rings is 2. The summed E-state index contributed by atoms with van der Waals surface area (Å²) < 4.78 is 5.79. The molecule has 0 radical (unpaired) electrons. The lowest BCUT2D eigenvalue weighted by Gasteiger charge is -2.12. The molecule has 2 aromatic rings. The van der Waals surface area contributed by atoms with Crippen molar-refractivity contribution in [2.75, 3.05) is 0 Å². The minimum Gasteiger partial charge on any atom is -0.457 e. The highest BCUT2D eigenvalue weighted by atomic mass is 32.1. The Morgan fingerprint density at radius 2 is 1.60 bits per heavy atom. The molecule has 0 aliphatic carbocycles. The van der Waals surface area contributed by atoms with Crippen molar-refractivity contribution in [1.82, 2.24) is 0 Å². The van der Waals surface area contributed by atoms with Crippen molar-refractivity contribution in [1.29, 1.82) is 0 Å². The Labute approximate surface area is 154 Å². The number of thiocarbonyl (C=S) groups is 1. The smallest absolute Gasteiger partial charge is 0.188 e. The van der Waals surface area contributed by atoms with Crippen LogP contribution in [0.5, 0.6) is 11.5 Å². The van der Waals surface area contributed by atoms with Crippen LogP contribution in [0.2, 0.25) is 0 Å². The first-order valence-corrected chi connectivity index (χ1v) is 8.86. The molecule has 0 spiro atoms. The highest BCUT2D eigenvalue weighted by Gasteiger charge is 2.19. The SMILES string of the molecule is Cc1ccc(Oc2ccc(C(=O)C(CCC(C)C)N=C=S)cc2)cc1. The zero-order chi connectivity index (χ0) is 18.2. The lowest BCUT2D eigenvalue weighted by Crippen LogP contribution is -2.19. The molecule has 3 nitrogen and oxygen atoms in total. The monoisotopic (exact) mass is 353 g/mol. The van der Waals surface area contributed by atoms with Gasteiger partial charge in [-0.25, -0.2) is 4.99 Å². The maximum atomic E-state index is 12.6. The number of isothiocyanates is 1.